The Morgan fingerprint density at radius 2 is 1.75 bits per heavy atom. The van der Waals surface area contributed by atoms with E-state index < -0.39 is 0 Å². The van der Waals surface area contributed by atoms with Crippen molar-refractivity contribution >= 4 is 29.4 Å². The number of methoxy groups -OCH3 is 3. The number of carbonyl (C=O) groups excluding carboxylic acids is 2. The van der Waals surface area contributed by atoms with Gasteiger partial charge in [0, 0.05) is 48.2 Å². The Bertz CT molecular complexity index is 1690. The van der Waals surface area contributed by atoms with Gasteiger partial charge in [0.2, 0.25) is 11.5 Å². The number of imidazole rings is 1. The zero-order chi connectivity index (χ0) is 36.4. The van der Waals surface area contributed by atoms with Crippen molar-refractivity contribution in [3.05, 3.63) is 88.5 Å². The van der Waals surface area contributed by atoms with Crippen molar-refractivity contribution in [1.29, 1.82) is 0 Å². The standard InChI is InChI=1S/C40H51ClN4O6/c1-6-8-9-13-33-27-42-38(45(33)22-23-51-7-2)36(46)29-14-18-43(19-15-29)20-16-40(31-11-10-12-32(41)26-31)17-21-44(28-40)39(47)30-24-34(48-3)37(50-5)35(25-30)49-4/h6,8-13,24-27,29H,7,14-23,28H2,1-5H3/b8-6+,13-9+. The lowest BCUT2D eigenvalue weighted by molar-refractivity contribution is 0.0777. The Hall–Kier alpha value is -4.12. The van der Waals surface area contributed by atoms with Gasteiger partial charge in [-0.05, 0) is 95.1 Å². The number of hydrogen-bond donors (Lipinski definition) is 0. The van der Waals surface area contributed by atoms with E-state index in [4.69, 9.17) is 30.5 Å². The van der Waals surface area contributed by atoms with Crippen molar-refractivity contribution < 1.29 is 28.5 Å². The van der Waals surface area contributed by atoms with Gasteiger partial charge in [0.25, 0.3) is 5.91 Å². The van der Waals surface area contributed by atoms with Crippen LogP contribution in [0.4, 0.5) is 0 Å². The quantitative estimate of drug-likeness (QED) is 0.0892. The van der Waals surface area contributed by atoms with Gasteiger partial charge in [-0.2, -0.15) is 0 Å². The lowest BCUT2D eigenvalue weighted by Crippen LogP contribution is -2.41. The highest BCUT2D eigenvalue weighted by atomic mass is 35.5. The summed E-state index contributed by atoms with van der Waals surface area (Å²) in [6.45, 7) is 9.34. The SMILES string of the molecule is C/C=C/C=C/c1cnc(C(=O)C2CCN(CCC3(c4cccc(Cl)c4)CCN(C(=O)c4cc(OC)c(OC)c(OC)c4)C3)CC2)n1CCOCC. The molecule has 1 amide bonds. The molecule has 2 saturated heterocycles. The topological polar surface area (TPSA) is 95.4 Å². The summed E-state index contributed by atoms with van der Waals surface area (Å²) < 4.78 is 24.1. The number of piperidine rings is 1. The summed E-state index contributed by atoms with van der Waals surface area (Å²) in [4.78, 5) is 36.7. The number of rotatable bonds is 16. The average molecular weight is 719 g/mol. The van der Waals surface area contributed by atoms with Gasteiger partial charge in [-0.1, -0.05) is 42.0 Å². The van der Waals surface area contributed by atoms with Crippen LogP contribution in [-0.4, -0.2) is 98.3 Å². The van der Waals surface area contributed by atoms with E-state index in [0.29, 0.717) is 66.5 Å². The van der Waals surface area contributed by atoms with Crippen LogP contribution in [0.2, 0.25) is 5.02 Å². The molecule has 3 heterocycles. The summed E-state index contributed by atoms with van der Waals surface area (Å²) in [5.41, 5.74) is 2.25. The Morgan fingerprint density at radius 1 is 1.00 bits per heavy atom. The van der Waals surface area contributed by atoms with Crippen LogP contribution in [0.3, 0.4) is 0 Å². The van der Waals surface area contributed by atoms with Gasteiger partial charge < -0.3 is 33.3 Å². The Kier molecular flexibility index (Phi) is 13.4. The van der Waals surface area contributed by atoms with Crippen molar-refractivity contribution in [3.8, 4) is 17.2 Å². The van der Waals surface area contributed by atoms with Gasteiger partial charge >= 0.3 is 0 Å². The van der Waals surface area contributed by atoms with Crippen molar-refractivity contribution in [2.75, 3.05) is 67.3 Å². The van der Waals surface area contributed by atoms with E-state index in [0.717, 1.165) is 56.6 Å². The van der Waals surface area contributed by atoms with Crippen LogP contribution in [0.1, 0.15) is 71.8 Å². The number of benzene rings is 2. The number of ether oxygens (including phenoxy) is 4. The molecule has 5 rings (SSSR count). The van der Waals surface area contributed by atoms with Crippen LogP contribution < -0.4 is 14.2 Å². The van der Waals surface area contributed by atoms with Gasteiger partial charge in [0.05, 0.1) is 39.8 Å². The van der Waals surface area contributed by atoms with E-state index in [9.17, 15) is 9.59 Å². The van der Waals surface area contributed by atoms with E-state index in [-0.39, 0.29) is 23.0 Å². The second-order valence-electron chi connectivity index (χ2n) is 13.2. The summed E-state index contributed by atoms with van der Waals surface area (Å²) in [5, 5.41) is 0.681. The molecule has 0 aliphatic carbocycles. The van der Waals surface area contributed by atoms with Gasteiger partial charge in [-0.25, -0.2) is 4.98 Å². The first-order valence-electron chi connectivity index (χ1n) is 17.8. The molecule has 0 bridgehead atoms. The minimum atomic E-state index is -0.268. The minimum absolute atomic E-state index is 0.0816. The van der Waals surface area contributed by atoms with E-state index in [2.05, 4.69) is 16.0 Å². The fraction of sp³-hybridized carbons (Fsp3) is 0.475. The van der Waals surface area contributed by atoms with Crippen LogP contribution in [0.25, 0.3) is 6.08 Å². The lowest BCUT2D eigenvalue weighted by atomic mass is 9.76. The molecule has 0 N–H and O–H groups in total. The number of carbonyl (C=O) groups is 2. The fourth-order valence-corrected chi connectivity index (χ4v) is 7.52. The summed E-state index contributed by atoms with van der Waals surface area (Å²) in [7, 11) is 4.64. The van der Waals surface area contributed by atoms with E-state index in [1.54, 1.807) is 39.7 Å². The maximum Gasteiger partial charge on any atom is 0.254 e. The summed E-state index contributed by atoms with van der Waals surface area (Å²) in [5.74, 6) is 1.78. The molecule has 3 aromatic rings. The number of amides is 1. The molecule has 11 heteroatoms. The molecule has 2 aromatic carbocycles. The molecule has 51 heavy (non-hydrogen) atoms. The first kappa shape index (κ1) is 38.1. The molecule has 0 radical (unpaired) electrons. The Labute approximate surface area is 307 Å². The molecule has 2 aliphatic heterocycles. The van der Waals surface area contributed by atoms with Crippen molar-refractivity contribution in [2.24, 2.45) is 5.92 Å². The van der Waals surface area contributed by atoms with E-state index >= 15 is 0 Å². The first-order chi connectivity index (χ1) is 24.8. The van der Waals surface area contributed by atoms with Crippen LogP contribution in [0.15, 0.2) is 60.8 Å². The molecule has 0 spiro atoms. The lowest BCUT2D eigenvalue weighted by Gasteiger charge is -2.36. The number of allylic oxidation sites excluding steroid dienone is 3. The van der Waals surface area contributed by atoms with Gasteiger partial charge in [-0.15, -0.1) is 0 Å². The number of ketones is 1. The van der Waals surface area contributed by atoms with Crippen molar-refractivity contribution in [1.82, 2.24) is 19.4 Å². The molecule has 274 valence electrons. The van der Waals surface area contributed by atoms with Gasteiger partial charge in [0.15, 0.2) is 17.3 Å². The maximum atomic E-state index is 13.9. The highest BCUT2D eigenvalue weighted by molar-refractivity contribution is 6.30. The number of nitrogens with zero attached hydrogens (tertiary/aromatic N) is 4. The second kappa shape index (κ2) is 17.9. The normalized spacial score (nSPS) is 18.6. The van der Waals surface area contributed by atoms with E-state index in [1.807, 2.05) is 65.8 Å². The van der Waals surface area contributed by atoms with Crippen LogP contribution in [-0.2, 0) is 16.7 Å². The summed E-state index contributed by atoms with van der Waals surface area (Å²) in [6.07, 6.45) is 12.9. The third-order valence-electron chi connectivity index (χ3n) is 10.2. The maximum absolute atomic E-state index is 13.9. The zero-order valence-corrected chi connectivity index (χ0v) is 31.3. The molecule has 2 fully saturated rings. The fourth-order valence-electron chi connectivity index (χ4n) is 7.33. The monoisotopic (exact) mass is 718 g/mol. The van der Waals surface area contributed by atoms with Crippen molar-refractivity contribution in [2.45, 2.75) is 51.5 Å². The molecule has 0 saturated carbocycles. The van der Waals surface area contributed by atoms with Gasteiger partial charge in [-0.3, -0.25) is 9.59 Å². The third kappa shape index (κ3) is 8.86. The van der Waals surface area contributed by atoms with Crippen LogP contribution in [0.5, 0.6) is 17.2 Å². The number of likely N-dealkylation sites (tertiary alicyclic amines) is 2. The van der Waals surface area contributed by atoms with Crippen molar-refractivity contribution in [3.63, 3.8) is 0 Å². The molecule has 1 unspecified atom stereocenters. The Balaban J connectivity index is 1.27. The van der Waals surface area contributed by atoms with E-state index in [1.165, 1.54) is 0 Å². The number of Topliss-reactive ketones (excluding diaryl/α,β-unsaturated/α-hetero) is 1. The highest BCUT2D eigenvalue weighted by Crippen LogP contribution is 2.42. The molecule has 2 aliphatic rings. The Morgan fingerprint density at radius 3 is 2.39 bits per heavy atom. The number of aromatic nitrogens is 2. The van der Waals surface area contributed by atoms with Gasteiger partial charge in [0.1, 0.15) is 0 Å². The molecular formula is C40H51ClN4O6. The number of hydrogen-bond acceptors (Lipinski definition) is 8. The molecule has 10 nitrogen and oxygen atoms in total. The zero-order valence-electron chi connectivity index (χ0n) is 30.5. The molecule has 1 aromatic heterocycles. The van der Waals surface area contributed by atoms with Crippen LogP contribution >= 0.6 is 11.6 Å². The largest absolute Gasteiger partial charge is 0.493 e. The van der Waals surface area contributed by atoms with Crippen LogP contribution in [0, 0.1) is 5.92 Å². The second-order valence-corrected chi connectivity index (χ2v) is 13.6. The minimum Gasteiger partial charge on any atom is -0.493 e. The predicted octanol–water partition coefficient (Wildman–Crippen LogP) is 6.96. The molecule has 1 atom stereocenters. The predicted molar refractivity (Wildman–Crippen MR) is 200 cm³/mol. The first-order valence-corrected chi connectivity index (χ1v) is 18.2. The average Bonchev–Trinajstić information content (AvgIpc) is 3.78. The highest BCUT2D eigenvalue weighted by Gasteiger charge is 2.42. The summed E-state index contributed by atoms with van der Waals surface area (Å²) in [6, 6.07) is 11.5. The number of halogens is 1. The molecular weight excluding hydrogens is 668 g/mol. The smallest absolute Gasteiger partial charge is 0.254 e. The summed E-state index contributed by atoms with van der Waals surface area (Å²) >= 11 is 6.52. The third-order valence-corrected chi connectivity index (χ3v) is 10.4.